The zero-order valence-corrected chi connectivity index (χ0v) is 8.26. The van der Waals surface area contributed by atoms with Crippen LogP contribution in [0.5, 0.6) is 0 Å². The summed E-state index contributed by atoms with van der Waals surface area (Å²) in [4.78, 5) is 13.5. The van der Waals surface area contributed by atoms with Gasteiger partial charge in [-0.05, 0) is 31.6 Å². The Bertz CT molecular complexity index is 193. The van der Waals surface area contributed by atoms with E-state index in [0.29, 0.717) is 0 Å². The fourth-order valence-electron chi connectivity index (χ4n) is 2.20. The number of hydrogen-bond acceptors (Lipinski definition) is 2. The monoisotopic (exact) mass is 185 g/mol. The Labute approximate surface area is 78.7 Å². The summed E-state index contributed by atoms with van der Waals surface area (Å²) in [7, 11) is 0. The summed E-state index contributed by atoms with van der Waals surface area (Å²) in [6.07, 6.45) is 2.66. The van der Waals surface area contributed by atoms with Crippen LogP contribution in [-0.2, 0) is 4.79 Å². The lowest BCUT2D eigenvalue weighted by atomic mass is 9.77. The Morgan fingerprint density at radius 3 is 2.25 bits per heavy atom. The number of carbonyl (C=O) groups excluding carboxylic acids is 1. The van der Waals surface area contributed by atoms with Gasteiger partial charge in [-0.1, -0.05) is 0 Å². The van der Waals surface area contributed by atoms with Crippen molar-refractivity contribution in [2.45, 2.75) is 25.0 Å². The average molecular weight is 185 g/mol. The van der Waals surface area contributed by atoms with Gasteiger partial charge in [0.15, 0.2) is 0 Å². The summed E-state index contributed by atoms with van der Waals surface area (Å²) in [6, 6.07) is 0. The van der Waals surface area contributed by atoms with Crippen LogP contribution in [0, 0.1) is 11.8 Å². The highest BCUT2D eigenvalue weighted by Crippen LogP contribution is 2.40. The highest BCUT2D eigenvalue weighted by Gasteiger charge is 2.41. The van der Waals surface area contributed by atoms with Crippen LogP contribution in [0.1, 0.15) is 19.8 Å². The van der Waals surface area contributed by atoms with Crippen molar-refractivity contribution < 1.29 is 4.79 Å². The Balaban J connectivity index is 1.94. The van der Waals surface area contributed by atoms with E-state index in [-0.39, 0.29) is 11.2 Å². The lowest BCUT2D eigenvalue weighted by molar-refractivity contribution is -0.129. The van der Waals surface area contributed by atoms with Gasteiger partial charge in [-0.2, -0.15) is 12.6 Å². The molecule has 2 fully saturated rings. The summed E-state index contributed by atoms with van der Waals surface area (Å²) < 4.78 is 0. The molecule has 1 aliphatic heterocycles. The van der Waals surface area contributed by atoms with E-state index < -0.39 is 0 Å². The molecule has 1 aliphatic carbocycles. The molecule has 2 aliphatic rings. The molecule has 1 saturated heterocycles. The Hall–Kier alpha value is -0.180. The van der Waals surface area contributed by atoms with Gasteiger partial charge in [0, 0.05) is 13.1 Å². The van der Waals surface area contributed by atoms with Crippen molar-refractivity contribution in [2.24, 2.45) is 11.8 Å². The number of carbonyl (C=O) groups is 1. The number of nitrogens with zero attached hydrogens (tertiary/aromatic N) is 1. The zero-order chi connectivity index (χ0) is 8.72. The van der Waals surface area contributed by atoms with Gasteiger partial charge in [0.1, 0.15) is 0 Å². The Morgan fingerprint density at radius 1 is 1.42 bits per heavy atom. The molecule has 0 bridgehead atoms. The van der Waals surface area contributed by atoms with Crippen molar-refractivity contribution in [1.29, 1.82) is 0 Å². The second-order valence-electron chi connectivity index (χ2n) is 4.02. The van der Waals surface area contributed by atoms with Gasteiger partial charge in [0.25, 0.3) is 0 Å². The van der Waals surface area contributed by atoms with E-state index >= 15 is 0 Å². The fraction of sp³-hybridized carbons (Fsp3) is 0.889. The van der Waals surface area contributed by atoms with Crippen LogP contribution in [0.2, 0.25) is 0 Å². The maximum absolute atomic E-state index is 11.5. The molecule has 3 unspecified atom stereocenters. The zero-order valence-electron chi connectivity index (χ0n) is 7.36. The van der Waals surface area contributed by atoms with Crippen molar-refractivity contribution in [3.63, 3.8) is 0 Å². The number of thiol groups is 1. The van der Waals surface area contributed by atoms with Crippen LogP contribution in [0.4, 0.5) is 0 Å². The molecule has 0 radical (unpaired) electrons. The Kier molecular flexibility index (Phi) is 2.07. The summed E-state index contributed by atoms with van der Waals surface area (Å²) in [5.74, 6) is 1.86. The minimum Gasteiger partial charge on any atom is -0.341 e. The minimum atomic E-state index is -0.123. The van der Waals surface area contributed by atoms with Crippen molar-refractivity contribution >= 4 is 18.5 Å². The van der Waals surface area contributed by atoms with E-state index in [1.165, 1.54) is 12.8 Å². The molecule has 1 amide bonds. The second kappa shape index (κ2) is 2.95. The average Bonchev–Trinajstić information content (AvgIpc) is 2.27. The van der Waals surface area contributed by atoms with Crippen molar-refractivity contribution in [2.75, 3.05) is 13.1 Å². The van der Waals surface area contributed by atoms with Gasteiger partial charge in [0.05, 0.1) is 5.25 Å². The van der Waals surface area contributed by atoms with Gasteiger partial charge in [-0.3, -0.25) is 4.79 Å². The molecule has 1 saturated carbocycles. The summed E-state index contributed by atoms with van der Waals surface area (Å²) in [6.45, 7) is 3.84. The minimum absolute atomic E-state index is 0.123. The standard InChI is InChI=1S/C9H15NOS/c1-6(12)9(11)10-4-7-2-3-8(7)5-10/h6-8,12H,2-5H2,1H3. The third kappa shape index (κ3) is 1.24. The van der Waals surface area contributed by atoms with E-state index in [9.17, 15) is 4.79 Å². The normalized spacial score (nSPS) is 35.7. The molecular weight excluding hydrogens is 170 g/mol. The van der Waals surface area contributed by atoms with Crippen LogP contribution in [0.15, 0.2) is 0 Å². The molecular formula is C9H15NOS. The molecule has 68 valence electrons. The molecule has 0 N–H and O–H groups in total. The molecule has 0 aromatic heterocycles. The third-order valence-electron chi connectivity index (χ3n) is 3.15. The second-order valence-corrected chi connectivity index (χ2v) is 4.79. The molecule has 2 rings (SSSR count). The smallest absolute Gasteiger partial charge is 0.235 e. The topological polar surface area (TPSA) is 20.3 Å². The van der Waals surface area contributed by atoms with Gasteiger partial charge in [0.2, 0.25) is 5.91 Å². The molecule has 0 spiro atoms. The first-order valence-electron chi connectivity index (χ1n) is 4.65. The largest absolute Gasteiger partial charge is 0.341 e. The first-order chi connectivity index (χ1) is 5.68. The first-order valence-corrected chi connectivity index (χ1v) is 5.17. The van der Waals surface area contributed by atoms with Gasteiger partial charge >= 0.3 is 0 Å². The van der Waals surface area contributed by atoms with Gasteiger partial charge < -0.3 is 4.90 Å². The molecule has 0 aromatic carbocycles. The summed E-state index contributed by atoms with van der Waals surface area (Å²) in [5, 5.41) is -0.123. The Morgan fingerprint density at radius 2 is 1.92 bits per heavy atom. The van der Waals surface area contributed by atoms with Crippen LogP contribution in [0.25, 0.3) is 0 Å². The van der Waals surface area contributed by atoms with Crippen LogP contribution in [0.3, 0.4) is 0 Å². The SMILES string of the molecule is CC(S)C(=O)N1CC2CCC2C1. The van der Waals surface area contributed by atoms with Crippen molar-refractivity contribution in [3.8, 4) is 0 Å². The number of amides is 1. The maximum Gasteiger partial charge on any atom is 0.235 e. The highest BCUT2D eigenvalue weighted by molar-refractivity contribution is 7.81. The van der Waals surface area contributed by atoms with E-state index in [0.717, 1.165) is 24.9 Å². The summed E-state index contributed by atoms with van der Waals surface area (Å²) in [5.41, 5.74) is 0. The van der Waals surface area contributed by atoms with Crippen LogP contribution in [-0.4, -0.2) is 29.1 Å². The number of likely N-dealkylation sites (tertiary alicyclic amines) is 1. The van der Waals surface area contributed by atoms with E-state index in [2.05, 4.69) is 12.6 Å². The van der Waals surface area contributed by atoms with Crippen molar-refractivity contribution in [3.05, 3.63) is 0 Å². The molecule has 12 heavy (non-hydrogen) atoms. The van der Waals surface area contributed by atoms with Crippen molar-refractivity contribution in [1.82, 2.24) is 4.90 Å². The predicted molar refractivity (Wildman–Crippen MR) is 51.2 cm³/mol. The first kappa shape index (κ1) is 8.42. The fourth-order valence-corrected chi connectivity index (χ4v) is 2.37. The van der Waals surface area contributed by atoms with Gasteiger partial charge in [-0.25, -0.2) is 0 Å². The number of fused-ring (bicyclic) bond motifs is 1. The molecule has 2 nitrogen and oxygen atoms in total. The molecule has 1 heterocycles. The number of hydrogen-bond donors (Lipinski definition) is 1. The molecule has 0 aromatic rings. The van der Waals surface area contributed by atoms with Crippen LogP contribution >= 0.6 is 12.6 Å². The number of rotatable bonds is 1. The lowest BCUT2D eigenvalue weighted by Gasteiger charge is -2.27. The van der Waals surface area contributed by atoms with Gasteiger partial charge in [-0.15, -0.1) is 0 Å². The predicted octanol–water partition coefficient (Wildman–Crippen LogP) is 1.17. The van der Waals surface area contributed by atoms with E-state index in [1.807, 2.05) is 11.8 Å². The maximum atomic E-state index is 11.5. The quantitative estimate of drug-likeness (QED) is 0.608. The van der Waals surface area contributed by atoms with E-state index in [1.54, 1.807) is 0 Å². The van der Waals surface area contributed by atoms with E-state index in [4.69, 9.17) is 0 Å². The van der Waals surface area contributed by atoms with Crippen LogP contribution < -0.4 is 0 Å². The molecule has 3 heteroatoms. The lowest BCUT2D eigenvalue weighted by Crippen LogP contribution is -2.33. The highest BCUT2D eigenvalue weighted by atomic mass is 32.1. The summed E-state index contributed by atoms with van der Waals surface area (Å²) >= 11 is 4.16. The third-order valence-corrected chi connectivity index (χ3v) is 3.37. The molecule has 3 atom stereocenters.